The zero-order valence-corrected chi connectivity index (χ0v) is 17.1. The van der Waals surface area contributed by atoms with Crippen molar-refractivity contribution in [2.75, 3.05) is 13.2 Å². The molecule has 2 aromatic carbocycles. The van der Waals surface area contributed by atoms with E-state index in [2.05, 4.69) is 16.2 Å². The van der Waals surface area contributed by atoms with Crippen LogP contribution >= 0.6 is 12.2 Å². The minimum Gasteiger partial charge on any atom is -0.484 e. The van der Waals surface area contributed by atoms with Crippen LogP contribution in [0.3, 0.4) is 0 Å². The molecule has 8 nitrogen and oxygen atoms in total. The van der Waals surface area contributed by atoms with Crippen LogP contribution in [0.25, 0.3) is 0 Å². The maximum Gasteiger partial charge on any atom is 0.306 e. The van der Waals surface area contributed by atoms with Crippen LogP contribution in [0, 0.1) is 0 Å². The molecular formula is C21H23N3O5S. The molecule has 0 fully saturated rings. The number of carbonyl (C=O) groups excluding carboxylic acids is 3. The van der Waals surface area contributed by atoms with Gasteiger partial charge in [-0.25, -0.2) is 0 Å². The number of ether oxygens (including phenoxy) is 2. The van der Waals surface area contributed by atoms with Crippen molar-refractivity contribution in [1.82, 2.24) is 16.2 Å². The normalized spacial score (nSPS) is 9.87. The lowest BCUT2D eigenvalue weighted by molar-refractivity contribution is -0.144. The van der Waals surface area contributed by atoms with Gasteiger partial charge in [0.1, 0.15) is 5.75 Å². The van der Waals surface area contributed by atoms with Crippen LogP contribution in [0.2, 0.25) is 0 Å². The predicted octanol–water partition coefficient (Wildman–Crippen LogP) is 1.65. The molecular weight excluding hydrogens is 406 g/mol. The highest BCUT2D eigenvalue weighted by molar-refractivity contribution is 7.80. The van der Waals surface area contributed by atoms with E-state index in [-0.39, 0.29) is 31.2 Å². The zero-order chi connectivity index (χ0) is 21.6. The van der Waals surface area contributed by atoms with Gasteiger partial charge in [-0.3, -0.25) is 25.2 Å². The topological polar surface area (TPSA) is 106 Å². The van der Waals surface area contributed by atoms with Crippen molar-refractivity contribution in [3.8, 4) is 5.75 Å². The summed E-state index contributed by atoms with van der Waals surface area (Å²) in [6, 6.07) is 18.5. The van der Waals surface area contributed by atoms with E-state index in [0.717, 1.165) is 5.56 Å². The maximum atomic E-state index is 11.8. The van der Waals surface area contributed by atoms with Crippen molar-refractivity contribution in [2.45, 2.75) is 19.3 Å². The van der Waals surface area contributed by atoms with Crippen molar-refractivity contribution in [2.24, 2.45) is 0 Å². The first-order valence-electron chi connectivity index (χ1n) is 9.29. The molecule has 30 heavy (non-hydrogen) atoms. The minimum absolute atomic E-state index is 0.0689. The predicted molar refractivity (Wildman–Crippen MR) is 114 cm³/mol. The van der Waals surface area contributed by atoms with Crippen molar-refractivity contribution in [1.29, 1.82) is 0 Å². The molecule has 2 amide bonds. The second-order valence-electron chi connectivity index (χ2n) is 6.11. The van der Waals surface area contributed by atoms with Crippen molar-refractivity contribution in [3.63, 3.8) is 0 Å². The van der Waals surface area contributed by atoms with Crippen LogP contribution in [0.5, 0.6) is 5.75 Å². The standard InChI is InChI=1S/C21H23N3O5S/c25-18(11-12-20(27)28-14-13-16-7-3-1-4-8-16)22-21(30)24-23-19(26)15-29-17-9-5-2-6-10-17/h1-10H,11-15H2,(H,23,26)(H2,22,24,25,30). The Bertz CT molecular complexity index is 846. The van der Waals surface area contributed by atoms with Crippen LogP contribution in [-0.2, 0) is 25.5 Å². The summed E-state index contributed by atoms with van der Waals surface area (Å²) in [6.07, 6.45) is 0.456. The smallest absolute Gasteiger partial charge is 0.306 e. The Balaban J connectivity index is 1.53. The Morgan fingerprint density at radius 1 is 0.833 bits per heavy atom. The van der Waals surface area contributed by atoms with E-state index in [0.29, 0.717) is 12.2 Å². The average Bonchev–Trinajstić information content (AvgIpc) is 2.76. The van der Waals surface area contributed by atoms with Gasteiger partial charge in [-0.2, -0.15) is 0 Å². The summed E-state index contributed by atoms with van der Waals surface area (Å²) in [4.78, 5) is 35.2. The molecule has 0 aromatic heterocycles. The van der Waals surface area contributed by atoms with E-state index in [4.69, 9.17) is 21.7 Å². The Hall–Kier alpha value is -3.46. The number of hydrazine groups is 1. The number of para-hydroxylation sites is 1. The van der Waals surface area contributed by atoms with Crippen molar-refractivity contribution >= 4 is 35.1 Å². The van der Waals surface area contributed by atoms with E-state index >= 15 is 0 Å². The number of amides is 2. The Morgan fingerprint density at radius 2 is 1.50 bits per heavy atom. The van der Waals surface area contributed by atoms with Crippen LogP contribution < -0.4 is 20.9 Å². The highest BCUT2D eigenvalue weighted by Crippen LogP contribution is 2.07. The fraction of sp³-hybridized carbons (Fsp3) is 0.238. The third-order valence-corrected chi connectivity index (χ3v) is 3.94. The molecule has 0 atom stereocenters. The summed E-state index contributed by atoms with van der Waals surface area (Å²) >= 11 is 4.92. The highest BCUT2D eigenvalue weighted by Gasteiger charge is 2.10. The molecule has 9 heteroatoms. The van der Waals surface area contributed by atoms with Crippen LogP contribution in [0.15, 0.2) is 60.7 Å². The van der Waals surface area contributed by atoms with Gasteiger partial charge in [-0.1, -0.05) is 48.5 Å². The average molecular weight is 429 g/mol. The Labute approximate surface area is 179 Å². The van der Waals surface area contributed by atoms with Gasteiger partial charge in [0, 0.05) is 12.8 Å². The third kappa shape index (κ3) is 9.65. The lowest BCUT2D eigenvalue weighted by Crippen LogP contribution is -2.49. The fourth-order valence-electron chi connectivity index (χ4n) is 2.26. The second kappa shape index (κ2) is 12.9. The second-order valence-corrected chi connectivity index (χ2v) is 6.52. The molecule has 0 aliphatic rings. The summed E-state index contributed by atoms with van der Waals surface area (Å²) < 4.78 is 10.4. The van der Waals surface area contributed by atoms with Gasteiger partial charge >= 0.3 is 5.97 Å². The molecule has 3 N–H and O–H groups in total. The first kappa shape index (κ1) is 22.8. The molecule has 0 saturated heterocycles. The number of hydrogen-bond donors (Lipinski definition) is 3. The number of carbonyl (C=O) groups is 3. The number of rotatable bonds is 9. The Kier molecular flexibility index (Phi) is 9.81. The summed E-state index contributed by atoms with van der Waals surface area (Å²) in [5, 5.41) is 2.27. The van der Waals surface area contributed by atoms with Gasteiger partial charge in [0.15, 0.2) is 11.7 Å². The van der Waals surface area contributed by atoms with Gasteiger partial charge in [0.25, 0.3) is 5.91 Å². The van der Waals surface area contributed by atoms with Crippen molar-refractivity contribution < 1.29 is 23.9 Å². The first-order valence-corrected chi connectivity index (χ1v) is 9.70. The Morgan fingerprint density at radius 3 is 2.20 bits per heavy atom. The van der Waals surface area contributed by atoms with E-state index in [1.165, 1.54) is 0 Å². The summed E-state index contributed by atoms with van der Waals surface area (Å²) in [5.41, 5.74) is 5.76. The number of nitrogens with one attached hydrogen (secondary N) is 3. The summed E-state index contributed by atoms with van der Waals surface area (Å²) in [5.74, 6) is -0.856. The number of hydrogen-bond acceptors (Lipinski definition) is 6. The molecule has 158 valence electrons. The monoisotopic (exact) mass is 429 g/mol. The highest BCUT2D eigenvalue weighted by atomic mass is 32.1. The van der Waals surface area contributed by atoms with Gasteiger partial charge < -0.3 is 14.8 Å². The number of thiocarbonyl (C=S) groups is 1. The molecule has 0 aliphatic carbocycles. The molecule has 0 aliphatic heterocycles. The fourth-order valence-corrected chi connectivity index (χ4v) is 2.43. The van der Waals surface area contributed by atoms with Crippen LogP contribution in [0.1, 0.15) is 18.4 Å². The van der Waals surface area contributed by atoms with E-state index in [9.17, 15) is 14.4 Å². The molecule has 0 saturated carbocycles. The lowest BCUT2D eigenvalue weighted by Gasteiger charge is -2.11. The lowest BCUT2D eigenvalue weighted by atomic mass is 10.2. The number of benzene rings is 2. The largest absolute Gasteiger partial charge is 0.484 e. The molecule has 0 bridgehead atoms. The quantitative estimate of drug-likeness (QED) is 0.316. The van der Waals surface area contributed by atoms with Crippen LogP contribution in [-0.4, -0.2) is 36.1 Å². The van der Waals surface area contributed by atoms with E-state index in [1.54, 1.807) is 24.3 Å². The molecule has 0 radical (unpaired) electrons. The van der Waals surface area contributed by atoms with Gasteiger partial charge in [0.2, 0.25) is 5.91 Å². The minimum atomic E-state index is -0.475. The van der Waals surface area contributed by atoms with E-state index < -0.39 is 17.8 Å². The first-order chi connectivity index (χ1) is 14.5. The molecule has 2 rings (SSSR count). The van der Waals surface area contributed by atoms with Gasteiger partial charge in [-0.05, 0) is 29.9 Å². The molecule has 0 unspecified atom stereocenters. The SMILES string of the molecule is O=C(COc1ccccc1)NNC(=S)NC(=O)CCC(=O)OCCc1ccccc1. The summed E-state index contributed by atoms with van der Waals surface area (Å²) in [7, 11) is 0. The third-order valence-electron chi connectivity index (χ3n) is 3.73. The molecule has 0 heterocycles. The molecule has 2 aromatic rings. The molecule has 0 spiro atoms. The maximum absolute atomic E-state index is 11.8. The number of esters is 1. The zero-order valence-electron chi connectivity index (χ0n) is 16.3. The summed E-state index contributed by atoms with van der Waals surface area (Å²) in [6.45, 7) is 0.0317. The van der Waals surface area contributed by atoms with E-state index in [1.807, 2.05) is 36.4 Å². The van der Waals surface area contributed by atoms with Gasteiger partial charge in [-0.15, -0.1) is 0 Å². The van der Waals surface area contributed by atoms with Gasteiger partial charge in [0.05, 0.1) is 13.0 Å². The van der Waals surface area contributed by atoms with Crippen molar-refractivity contribution in [3.05, 3.63) is 66.2 Å². The van der Waals surface area contributed by atoms with Crippen LogP contribution in [0.4, 0.5) is 0 Å².